The van der Waals surface area contributed by atoms with Crippen molar-refractivity contribution in [3.8, 4) is 11.8 Å². The predicted octanol–water partition coefficient (Wildman–Crippen LogP) is 1.91. The number of aromatic nitrogens is 3. The number of hydrogen-bond acceptors (Lipinski definition) is 3. The number of unbranched alkanes of at least 4 members (excludes halogenated alkanes) is 3. The molecule has 4 nitrogen and oxygen atoms in total. The molecule has 0 saturated carbocycles. The first-order chi connectivity index (χ1) is 8.43. The molecule has 2 N–H and O–H groups in total. The molecule has 0 radical (unpaired) electrons. The molecule has 1 heterocycles. The fourth-order valence-electron chi connectivity index (χ4n) is 1.66. The smallest absolute Gasteiger partial charge is 0.0824 e. The van der Waals surface area contributed by atoms with Crippen LogP contribution in [0.3, 0.4) is 0 Å². The SMILES string of the molecule is CC#CCCNCCCCCCc1c[nH]nn1. The van der Waals surface area contributed by atoms with E-state index in [1.54, 1.807) is 0 Å². The summed E-state index contributed by atoms with van der Waals surface area (Å²) in [5.74, 6) is 5.94. The molecule has 0 aliphatic carbocycles. The Hall–Kier alpha value is -1.34. The van der Waals surface area contributed by atoms with Crippen LogP contribution < -0.4 is 5.32 Å². The Kier molecular flexibility index (Phi) is 7.96. The molecule has 0 unspecified atom stereocenters. The lowest BCUT2D eigenvalue weighted by molar-refractivity contribution is 0.589. The van der Waals surface area contributed by atoms with E-state index in [9.17, 15) is 0 Å². The molecule has 0 fully saturated rings. The van der Waals surface area contributed by atoms with Crippen LogP contribution in [0.4, 0.5) is 0 Å². The fraction of sp³-hybridized carbons (Fsp3) is 0.692. The van der Waals surface area contributed by atoms with E-state index in [2.05, 4.69) is 32.6 Å². The van der Waals surface area contributed by atoms with Gasteiger partial charge in [-0.05, 0) is 32.7 Å². The van der Waals surface area contributed by atoms with Crippen molar-refractivity contribution in [3.63, 3.8) is 0 Å². The number of rotatable bonds is 9. The van der Waals surface area contributed by atoms with Gasteiger partial charge in [-0.2, -0.15) is 0 Å². The van der Waals surface area contributed by atoms with E-state index in [0.717, 1.165) is 31.6 Å². The maximum Gasteiger partial charge on any atom is 0.0824 e. The average Bonchev–Trinajstić information content (AvgIpc) is 2.85. The number of hydrogen-bond donors (Lipinski definition) is 2. The van der Waals surface area contributed by atoms with E-state index in [0.29, 0.717) is 0 Å². The van der Waals surface area contributed by atoms with E-state index in [-0.39, 0.29) is 0 Å². The monoisotopic (exact) mass is 234 g/mol. The third-order valence-electron chi connectivity index (χ3n) is 2.61. The van der Waals surface area contributed by atoms with Crippen LogP contribution in [0, 0.1) is 11.8 Å². The van der Waals surface area contributed by atoms with Gasteiger partial charge in [-0.15, -0.1) is 16.9 Å². The van der Waals surface area contributed by atoms with Crippen LogP contribution in [0.25, 0.3) is 0 Å². The van der Waals surface area contributed by atoms with Gasteiger partial charge in [-0.25, -0.2) is 0 Å². The van der Waals surface area contributed by atoms with Gasteiger partial charge in [0.05, 0.1) is 5.69 Å². The summed E-state index contributed by atoms with van der Waals surface area (Å²) in [5, 5.41) is 13.8. The maximum absolute atomic E-state index is 3.96. The van der Waals surface area contributed by atoms with Gasteiger partial charge in [0.15, 0.2) is 0 Å². The van der Waals surface area contributed by atoms with Crippen LogP contribution in [0.2, 0.25) is 0 Å². The molecule has 94 valence electrons. The third-order valence-corrected chi connectivity index (χ3v) is 2.61. The van der Waals surface area contributed by atoms with Crippen LogP contribution in [0.15, 0.2) is 6.20 Å². The molecule has 0 aliphatic heterocycles. The van der Waals surface area contributed by atoms with E-state index >= 15 is 0 Å². The second kappa shape index (κ2) is 9.86. The summed E-state index contributed by atoms with van der Waals surface area (Å²) in [5.41, 5.74) is 1.07. The predicted molar refractivity (Wildman–Crippen MR) is 69.5 cm³/mol. The van der Waals surface area contributed by atoms with Gasteiger partial charge >= 0.3 is 0 Å². The summed E-state index contributed by atoms with van der Waals surface area (Å²) in [6.07, 6.45) is 8.87. The van der Waals surface area contributed by atoms with Crippen LogP contribution in [-0.2, 0) is 6.42 Å². The number of aromatic amines is 1. The fourth-order valence-corrected chi connectivity index (χ4v) is 1.66. The summed E-state index contributed by atoms with van der Waals surface area (Å²) in [6, 6.07) is 0. The van der Waals surface area contributed by atoms with Crippen molar-refractivity contribution >= 4 is 0 Å². The Labute approximate surface area is 104 Å². The first-order valence-corrected chi connectivity index (χ1v) is 6.39. The Morgan fingerprint density at radius 1 is 1.24 bits per heavy atom. The molecule has 0 amide bonds. The highest BCUT2D eigenvalue weighted by atomic mass is 15.3. The first-order valence-electron chi connectivity index (χ1n) is 6.39. The van der Waals surface area contributed by atoms with E-state index < -0.39 is 0 Å². The summed E-state index contributed by atoms with van der Waals surface area (Å²) in [4.78, 5) is 0. The topological polar surface area (TPSA) is 53.6 Å². The van der Waals surface area contributed by atoms with Crippen molar-refractivity contribution in [1.29, 1.82) is 0 Å². The molecule has 1 aromatic heterocycles. The quantitative estimate of drug-likeness (QED) is 0.507. The minimum Gasteiger partial charge on any atom is -0.316 e. The minimum atomic E-state index is 0.961. The number of H-pyrrole nitrogens is 1. The molecule has 0 aliphatic rings. The van der Waals surface area contributed by atoms with E-state index in [1.807, 2.05) is 13.1 Å². The second-order valence-corrected chi connectivity index (χ2v) is 4.06. The van der Waals surface area contributed by atoms with E-state index in [1.165, 1.54) is 25.7 Å². The zero-order chi connectivity index (χ0) is 12.2. The minimum absolute atomic E-state index is 0.961. The van der Waals surface area contributed by atoms with E-state index in [4.69, 9.17) is 0 Å². The summed E-state index contributed by atoms with van der Waals surface area (Å²) >= 11 is 0. The van der Waals surface area contributed by atoms with Crippen LogP contribution >= 0.6 is 0 Å². The van der Waals surface area contributed by atoms with Crippen LogP contribution in [0.1, 0.15) is 44.7 Å². The van der Waals surface area contributed by atoms with Crippen LogP contribution in [-0.4, -0.2) is 28.5 Å². The molecule has 0 saturated heterocycles. The molecule has 4 heteroatoms. The highest BCUT2D eigenvalue weighted by Gasteiger charge is 1.95. The number of nitrogens with zero attached hydrogens (tertiary/aromatic N) is 2. The molecular formula is C13H22N4. The lowest BCUT2D eigenvalue weighted by Crippen LogP contribution is -2.16. The molecule has 1 aromatic rings. The van der Waals surface area contributed by atoms with Gasteiger partial charge in [0.1, 0.15) is 0 Å². The molecule has 0 spiro atoms. The molecule has 0 atom stereocenters. The highest BCUT2D eigenvalue weighted by molar-refractivity contribution is 4.95. The number of nitrogens with one attached hydrogen (secondary N) is 2. The zero-order valence-electron chi connectivity index (χ0n) is 10.6. The van der Waals surface area contributed by atoms with Gasteiger partial charge in [0, 0.05) is 19.2 Å². The van der Waals surface area contributed by atoms with Crippen LogP contribution in [0.5, 0.6) is 0 Å². The normalized spacial score (nSPS) is 9.94. The molecule has 0 bridgehead atoms. The second-order valence-electron chi connectivity index (χ2n) is 4.06. The summed E-state index contributed by atoms with van der Waals surface area (Å²) in [7, 11) is 0. The van der Waals surface area contributed by atoms with Gasteiger partial charge in [0.25, 0.3) is 0 Å². The van der Waals surface area contributed by atoms with Gasteiger partial charge in [-0.3, -0.25) is 5.10 Å². The van der Waals surface area contributed by atoms with Crippen molar-refractivity contribution in [1.82, 2.24) is 20.7 Å². The van der Waals surface area contributed by atoms with Gasteiger partial charge in [0.2, 0.25) is 0 Å². The standard InChI is InChI=1S/C13H22N4/c1-2-3-7-10-14-11-8-5-4-6-9-13-12-15-17-16-13/h12,14H,4-11H2,1H3,(H,15,16,17). The van der Waals surface area contributed by atoms with Gasteiger partial charge < -0.3 is 5.32 Å². The first kappa shape index (κ1) is 13.7. The maximum atomic E-state index is 3.96. The summed E-state index contributed by atoms with van der Waals surface area (Å²) < 4.78 is 0. The Morgan fingerprint density at radius 2 is 2.12 bits per heavy atom. The zero-order valence-corrected chi connectivity index (χ0v) is 10.6. The van der Waals surface area contributed by atoms with Crippen molar-refractivity contribution in [2.75, 3.05) is 13.1 Å². The lowest BCUT2D eigenvalue weighted by atomic mass is 10.1. The Bertz CT molecular complexity index is 321. The average molecular weight is 234 g/mol. The highest BCUT2D eigenvalue weighted by Crippen LogP contribution is 2.03. The molecule has 0 aromatic carbocycles. The molecular weight excluding hydrogens is 212 g/mol. The van der Waals surface area contributed by atoms with Crippen molar-refractivity contribution < 1.29 is 0 Å². The largest absolute Gasteiger partial charge is 0.316 e. The Balaban J connectivity index is 1.79. The third kappa shape index (κ3) is 7.53. The Morgan fingerprint density at radius 3 is 2.88 bits per heavy atom. The summed E-state index contributed by atoms with van der Waals surface area (Å²) in [6.45, 7) is 4.00. The molecule has 1 rings (SSSR count). The van der Waals surface area contributed by atoms with Gasteiger partial charge in [-0.1, -0.05) is 18.1 Å². The van der Waals surface area contributed by atoms with Crippen molar-refractivity contribution in [3.05, 3.63) is 11.9 Å². The van der Waals surface area contributed by atoms with Crippen molar-refractivity contribution in [2.24, 2.45) is 0 Å². The molecule has 17 heavy (non-hydrogen) atoms. The number of aryl methyl sites for hydroxylation is 1. The lowest BCUT2D eigenvalue weighted by Gasteiger charge is -2.02. The van der Waals surface area contributed by atoms with Crippen molar-refractivity contribution in [2.45, 2.75) is 45.4 Å².